The van der Waals surface area contributed by atoms with Gasteiger partial charge in [0.15, 0.2) is 11.5 Å². The van der Waals surface area contributed by atoms with E-state index in [0.717, 1.165) is 16.8 Å². The molecular weight excluding hydrogens is 498 g/mol. The predicted molar refractivity (Wildman–Crippen MR) is 147 cm³/mol. The molecule has 4 aromatic rings. The number of hydrogen-bond donors (Lipinski definition) is 3. The monoisotopic (exact) mass is 531 g/mol. The summed E-state index contributed by atoms with van der Waals surface area (Å²) in [5, 5.41) is 23.4. The van der Waals surface area contributed by atoms with Gasteiger partial charge in [0.05, 0.1) is 5.69 Å². The highest BCUT2D eigenvalue weighted by Crippen LogP contribution is 2.35. The van der Waals surface area contributed by atoms with Crippen LogP contribution in [0.4, 0.5) is 11.6 Å². The lowest BCUT2D eigenvalue weighted by Gasteiger charge is -2.40. The van der Waals surface area contributed by atoms with Gasteiger partial charge in [-0.25, -0.2) is 19.3 Å². The van der Waals surface area contributed by atoms with Crippen LogP contribution >= 0.6 is 0 Å². The highest BCUT2D eigenvalue weighted by molar-refractivity contribution is 5.78. The van der Waals surface area contributed by atoms with Gasteiger partial charge in [0.2, 0.25) is 11.9 Å². The average Bonchev–Trinajstić information content (AvgIpc) is 3.17. The first-order valence-corrected chi connectivity index (χ1v) is 12.9. The lowest BCUT2D eigenvalue weighted by molar-refractivity contribution is -0.136. The summed E-state index contributed by atoms with van der Waals surface area (Å²) in [5.74, 6) is 0.445. The van der Waals surface area contributed by atoms with Crippen LogP contribution in [0, 0.1) is 0 Å². The first kappa shape index (κ1) is 26.5. The Labute approximate surface area is 225 Å². The Hall–Kier alpha value is -4.09. The quantitative estimate of drug-likeness (QED) is 0.345. The Morgan fingerprint density at radius 2 is 1.95 bits per heavy atom. The van der Waals surface area contributed by atoms with E-state index >= 15 is 0 Å². The second-order valence-corrected chi connectivity index (χ2v) is 11.0. The minimum atomic E-state index is -1.16. The van der Waals surface area contributed by atoms with Crippen LogP contribution in [0.5, 0.6) is 0 Å². The molecule has 0 radical (unpaired) electrons. The highest BCUT2D eigenvalue weighted by atomic mass is 16.3. The Morgan fingerprint density at radius 3 is 2.64 bits per heavy atom. The van der Waals surface area contributed by atoms with E-state index in [2.05, 4.69) is 34.1 Å². The molecule has 5 rings (SSSR count). The molecular formula is C28H33N7O4. The number of amides is 1. The maximum atomic E-state index is 13.2. The number of aliphatic hydroxyl groups excluding tert-OH is 1. The number of anilines is 2. The molecule has 1 aromatic carbocycles. The Balaban J connectivity index is 1.55. The average molecular weight is 532 g/mol. The van der Waals surface area contributed by atoms with E-state index in [0.29, 0.717) is 48.1 Å². The molecule has 3 N–H and O–H groups in total. The van der Waals surface area contributed by atoms with E-state index in [1.54, 1.807) is 41.6 Å². The molecule has 0 atom stereocenters. The molecule has 3 aromatic heterocycles. The third-order valence-corrected chi connectivity index (χ3v) is 7.08. The zero-order valence-corrected chi connectivity index (χ0v) is 22.8. The van der Waals surface area contributed by atoms with Crippen LogP contribution in [-0.4, -0.2) is 58.5 Å². The summed E-state index contributed by atoms with van der Waals surface area (Å²) in [6, 6.07) is 11.2. The Bertz CT molecular complexity index is 1630. The van der Waals surface area contributed by atoms with Gasteiger partial charge >= 0.3 is 0 Å². The fourth-order valence-corrected chi connectivity index (χ4v) is 5.18. The lowest BCUT2D eigenvalue weighted by atomic mass is 9.78. The SMILES string of the molecule is CCn1c(=O)c2cnc(Nc3ccc4c(c3)CN(C(=O)CO)CC4(C)C)nc2n1-c1cccc(C(C)(C)O)n1. The van der Waals surface area contributed by atoms with E-state index < -0.39 is 12.2 Å². The van der Waals surface area contributed by atoms with Crippen molar-refractivity contribution in [3.8, 4) is 5.82 Å². The number of pyridine rings is 1. The second kappa shape index (κ2) is 9.58. The summed E-state index contributed by atoms with van der Waals surface area (Å²) in [4.78, 5) is 40.7. The van der Waals surface area contributed by atoms with Crippen molar-refractivity contribution >= 4 is 28.6 Å². The van der Waals surface area contributed by atoms with Crippen molar-refractivity contribution in [3.63, 3.8) is 0 Å². The van der Waals surface area contributed by atoms with Crippen molar-refractivity contribution in [1.29, 1.82) is 0 Å². The highest BCUT2D eigenvalue weighted by Gasteiger charge is 2.33. The fourth-order valence-electron chi connectivity index (χ4n) is 5.18. The van der Waals surface area contributed by atoms with E-state index in [4.69, 9.17) is 0 Å². The smallest absolute Gasteiger partial charge is 0.278 e. The third-order valence-electron chi connectivity index (χ3n) is 7.08. The largest absolute Gasteiger partial charge is 0.387 e. The van der Waals surface area contributed by atoms with Gasteiger partial charge in [-0.05, 0) is 56.2 Å². The van der Waals surface area contributed by atoms with Gasteiger partial charge in [0.1, 0.15) is 17.6 Å². The molecule has 1 aliphatic heterocycles. The zero-order valence-electron chi connectivity index (χ0n) is 22.8. The van der Waals surface area contributed by atoms with Crippen molar-refractivity contribution in [2.24, 2.45) is 0 Å². The van der Waals surface area contributed by atoms with Crippen molar-refractivity contribution in [1.82, 2.24) is 29.2 Å². The van der Waals surface area contributed by atoms with Gasteiger partial charge < -0.3 is 20.4 Å². The van der Waals surface area contributed by atoms with Gasteiger partial charge in [-0.1, -0.05) is 26.0 Å². The minimum Gasteiger partial charge on any atom is -0.387 e. The molecule has 0 aliphatic carbocycles. The molecule has 0 fully saturated rings. The molecule has 0 saturated carbocycles. The van der Waals surface area contributed by atoms with E-state index in [-0.39, 0.29) is 16.9 Å². The number of carbonyl (C=O) groups excluding carboxylic acids is 1. The number of nitrogens with zero attached hydrogens (tertiary/aromatic N) is 6. The van der Waals surface area contributed by atoms with Gasteiger partial charge in [0.25, 0.3) is 5.56 Å². The van der Waals surface area contributed by atoms with Crippen molar-refractivity contribution < 1.29 is 15.0 Å². The summed E-state index contributed by atoms with van der Waals surface area (Å²) >= 11 is 0. The second-order valence-electron chi connectivity index (χ2n) is 11.0. The number of carbonyl (C=O) groups is 1. The lowest BCUT2D eigenvalue weighted by Crippen LogP contribution is -2.46. The molecule has 0 spiro atoms. The number of fused-ring (bicyclic) bond motifs is 2. The molecule has 1 amide bonds. The molecule has 11 nitrogen and oxygen atoms in total. The van der Waals surface area contributed by atoms with Crippen LogP contribution in [0.15, 0.2) is 47.4 Å². The van der Waals surface area contributed by atoms with Crippen LogP contribution in [0.2, 0.25) is 0 Å². The first-order valence-electron chi connectivity index (χ1n) is 12.9. The maximum Gasteiger partial charge on any atom is 0.278 e. The minimum absolute atomic E-state index is 0.237. The number of benzene rings is 1. The molecule has 4 heterocycles. The van der Waals surface area contributed by atoms with Crippen LogP contribution in [-0.2, 0) is 28.9 Å². The zero-order chi connectivity index (χ0) is 28.1. The number of nitrogens with one attached hydrogen (secondary N) is 1. The number of aliphatic hydroxyl groups is 2. The topological polar surface area (TPSA) is 138 Å². The summed E-state index contributed by atoms with van der Waals surface area (Å²) in [6.45, 7) is 10.1. The number of hydrogen-bond acceptors (Lipinski definition) is 8. The number of aromatic nitrogens is 5. The number of rotatable bonds is 6. The van der Waals surface area contributed by atoms with Gasteiger partial charge in [-0.15, -0.1) is 0 Å². The van der Waals surface area contributed by atoms with Crippen LogP contribution in [0.1, 0.15) is 51.4 Å². The van der Waals surface area contributed by atoms with Gasteiger partial charge in [-0.2, -0.15) is 4.98 Å². The van der Waals surface area contributed by atoms with Crippen molar-refractivity contribution in [2.75, 3.05) is 18.5 Å². The maximum absolute atomic E-state index is 13.2. The molecule has 0 bridgehead atoms. The summed E-state index contributed by atoms with van der Waals surface area (Å²) in [6.07, 6.45) is 1.50. The van der Waals surface area contributed by atoms with Crippen LogP contribution in [0.3, 0.4) is 0 Å². The van der Waals surface area contributed by atoms with Crippen LogP contribution < -0.4 is 10.9 Å². The van der Waals surface area contributed by atoms with E-state index in [9.17, 15) is 19.8 Å². The van der Waals surface area contributed by atoms with E-state index in [1.165, 1.54) is 10.9 Å². The van der Waals surface area contributed by atoms with Crippen LogP contribution in [0.25, 0.3) is 16.9 Å². The molecule has 11 heteroatoms. The van der Waals surface area contributed by atoms with E-state index in [1.807, 2.05) is 25.1 Å². The molecule has 0 unspecified atom stereocenters. The summed E-state index contributed by atoms with van der Waals surface area (Å²) < 4.78 is 3.18. The summed E-state index contributed by atoms with van der Waals surface area (Å²) in [5.41, 5.74) is 2.03. The molecule has 204 valence electrons. The normalized spacial score (nSPS) is 14.9. The Kier molecular flexibility index (Phi) is 6.51. The summed E-state index contributed by atoms with van der Waals surface area (Å²) in [7, 11) is 0. The Morgan fingerprint density at radius 1 is 1.18 bits per heavy atom. The molecule has 39 heavy (non-hydrogen) atoms. The predicted octanol–water partition coefficient (Wildman–Crippen LogP) is 2.58. The molecule has 1 aliphatic rings. The standard InChI is InChI=1S/C28H33N7O4/c1-6-34-25(38)19-13-29-26(32-24(19)35(34)22-9-7-8-21(31-22)28(4,5)39)30-18-10-11-20-17(12-18)14-33(23(37)15-36)16-27(20,2)3/h7-13,36,39H,6,14-16H2,1-5H3,(H,29,30,32). The third kappa shape index (κ3) is 4.79. The van der Waals surface area contributed by atoms with Gasteiger partial charge in [-0.3, -0.25) is 9.59 Å². The van der Waals surface area contributed by atoms with Gasteiger partial charge in [0, 0.05) is 36.9 Å². The first-order chi connectivity index (χ1) is 18.4. The molecule has 0 saturated heterocycles. The van der Waals surface area contributed by atoms with Crippen molar-refractivity contribution in [2.45, 2.75) is 58.7 Å². The fraction of sp³-hybridized carbons (Fsp3) is 0.393. The van der Waals surface area contributed by atoms with Crippen molar-refractivity contribution in [3.05, 3.63) is 69.8 Å².